The number of hydrogen-bond acceptors (Lipinski definition) is 7. The molecule has 5 rings (SSSR count). The summed E-state index contributed by atoms with van der Waals surface area (Å²) in [5.41, 5.74) is 1.75. The molecule has 0 aliphatic carbocycles. The molecule has 3 aromatic rings. The predicted octanol–water partition coefficient (Wildman–Crippen LogP) is 3.95. The van der Waals surface area contributed by atoms with Crippen molar-refractivity contribution in [1.29, 1.82) is 0 Å². The van der Waals surface area contributed by atoms with E-state index in [1.165, 1.54) is 0 Å². The van der Waals surface area contributed by atoms with Crippen LogP contribution in [0.4, 0.5) is 5.95 Å². The second-order valence-electron chi connectivity index (χ2n) is 8.97. The van der Waals surface area contributed by atoms with Crippen LogP contribution in [0.15, 0.2) is 35.7 Å². The summed E-state index contributed by atoms with van der Waals surface area (Å²) < 4.78 is 5.33. The molecule has 4 heterocycles. The number of ether oxygens (including phenoxy) is 1. The van der Waals surface area contributed by atoms with E-state index in [1.807, 2.05) is 47.5 Å². The highest BCUT2D eigenvalue weighted by molar-refractivity contribution is 7.10. The van der Waals surface area contributed by atoms with Gasteiger partial charge in [0.05, 0.1) is 24.4 Å². The van der Waals surface area contributed by atoms with Gasteiger partial charge in [0.25, 0.3) is 0 Å². The first-order valence-corrected chi connectivity index (χ1v) is 12.5. The number of carbonyl (C=O) groups excluding carboxylic acids is 1. The van der Waals surface area contributed by atoms with E-state index < -0.39 is 6.10 Å². The number of carbonyl (C=O) groups is 1. The molecule has 1 N–H and O–H groups in total. The molecule has 0 saturated carbocycles. The normalized spacial score (nSPS) is 20.4. The molecular formula is C25H30N4O3S. The fourth-order valence-electron chi connectivity index (χ4n) is 5.10. The van der Waals surface area contributed by atoms with Crippen molar-refractivity contribution in [3.05, 3.63) is 46.3 Å². The lowest BCUT2D eigenvalue weighted by Gasteiger charge is -2.36. The Morgan fingerprint density at radius 1 is 1.18 bits per heavy atom. The number of aliphatic hydroxyl groups is 1. The van der Waals surface area contributed by atoms with Gasteiger partial charge in [0, 0.05) is 29.9 Å². The number of thiophene rings is 1. The number of rotatable bonds is 5. The molecule has 2 atom stereocenters. The SMILES string of the molecule is COc1ccc2nc(N3CCC[C@H]3C(=O)N3CCC([C@@H](O)c4cccs4)CC3)nc(C)c2c1. The Labute approximate surface area is 198 Å². The van der Waals surface area contributed by atoms with Gasteiger partial charge in [-0.2, -0.15) is 0 Å². The van der Waals surface area contributed by atoms with E-state index in [1.54, 1.807) is 18.4 Å². The van der Waals surface area contributed by atoms with Crippen molar-refractivity contribution < 1.29 is 14.6 Å². The number of aryl methyl sites for hydroxylation is 1. The first-order chi connectivity index (χ1) is 16.0. The summed E-state index contributed by atoms with van der Waals surface area (Å²) in [4.78, 5) is 28.1. The summed E-state index contributed by atoms with van der Waals surface area (Å²) in [6, 6.07) is 9.55. The summed E-state index contributed by atoms with van der Waals surface area (Å²) in [7, 11) is 1.65. The Hall–Kier alpha value is -2.71. The van der Waals surface area contributed by atoms with Crippen LogP contribution in [-0.2, 0) is 4.79 Å². The van der Waals surface area contributed by atoms with Crippen LogP contribution in [0.5, 0.6) is 5.75 Å². The molecule has 1 aromatic carbocycles. The molecule has 2 aliphatic rings. The molecule has 2 aliphatic heterocycles. The van der Waals surface area contributed by atoms with Gasteiger partial charge in [-0.25, -0.2) is 9.97 Å². The molecule has 8 heteroatoms. The van der Waals surface area contributed by atoms with Crippen LogP contribution < -0.4 is 9.64 Å². The number of aromatic nitrogens is 2. The maximum atomic E-state index is 13.5. The van der Waals surface area contributed by atoms with Gasteiger partial charge in [0.15, 0.2) is 0 Å². The van der Waals surface area contributed by atoms with Gasteiger partial charge in [-0.15, -0.1) is 11.3 Å². The lowest BCUT2D eigenvalue weighted by atomic mass is 9.90. The topological polar surface area (TPSA) is 78.8 Å². The number of fused-ring (bicyclic) bond motifs is 1. The van der Waals surface area contributed by atoms with Crippen molar-refractivity contribution in [2.75, 3.05) is 31.6 Å². The average Bonchev–Trinajstić information content (AvgIpc) is 3.56. The number of amides is 1. The Morgan fingerprint density at radius 2 is 2.00 bits per heavy atom. The van der Waals surface area contributed by atoms with E-state index in [0.717, 1.165) is 59.5 Å². The third-order valence-electron chi connectivity index (χ3n) is 7.01. The molecule has 2 saturated heterocycles. The monoisotopic (exact) mass is 466 g/mol. The third-order valence-corrected chi connectivity index (χ3v) is 7.95. The van der Waals surface area contributed by atoms with Crippen LogP contribution in [0.2, 0.25) is 0 Å². The first-order valence-electron chi connectivity index (χ1n) is 11.6. The van der Waals surface area contributed by atoms with Gasteiger partial charge in [0.1, 0.15) is 11.8 Å². The zero-order chi connectivity index (χ0) is 22.9. The fraction of sp³-hybridized carbons (Fsp3) is 0.480. The third kappa shape index (κ3) is 4.29. The minimum absolute atomic E-state index is 0.160. The van der Waals surface area contributed by atoms with Gasteiger partial charge >= 0.3 is 0 Å². The van der Waals surface area contributed by atoms with Crippen molar-refractivity contribution in [1.82, 2.24) is 14.9 Å². The second kappa shape index (κ2) is 9.27. The van der Waals surface area contributed by atoms with Crippen molar-refractivity contribution in [2.24, 2.45) is 5.92 Å². The number of methoxy groups -OCH3 is 1. The number of piperidine rings is 1. The largest absolute Gasteiger partial charge is 0.497 e. The van der Waals surface area contributed by atoms with Gasteiger partial charge in [0.2, 0.25) is 11.9 Å². The van der Waals surface area contributed by atoms with Crippen LogP contribution in [0, 0.1) is 12.8 Å². The number of aliphatic hydroxyl groups excluding tert-OH is 1. The maximum absolute atomic E-state index is 13.5. The molecule has 2 aromatic heterocycles. The Kier molecular flexibility index (Phi) is 6.21. The molecule has 33 heavy (non-hydrogen) atoms. The molecule has 0 spiro atoms. The molecule has 0 unspecified atom stereocenters. The van der Waals surface area contributed by atoms with Crippen LogP contribution in [0.3, 0.4) is 0 Å². The highest BCUT2D eigenvalue weighted by Gasteiger charge is 2.37. The number of hydrogen-bond donors (Lipinski definition) is 1. The second-order valence-corrected chi connectivity index (χ2v) is 9.95. The lowest BCUT2D eigenvalue weighted by Crippen LogP contribution is -2.49. The summed E-state index contributed by atoms with van der Waals surface area (Å²) in [6.45, 7) is 4.13. The van der Waals surface area contributed by atoms with Gasteiger partial charge in [-0.1, -0.05) is 6.07 Å². The van der Waals surface area contributed by atoms with Crippen molar-refractivity contribution >= 4 is 34.1 Å². The summed E-state index contributed by atoms with van der Waals surface area (Å²) in [5, 5.41) is 13.6. The summed E-state index contributed by atoms with van der Waals surface area (Å²) in [5.74, 6) is 1.77. The number of anilines is 1. The van der Waals surface area contributed by atoms with Gasteiger partial charge < -0.3 is 19.6 Å². The van der Waals surface area contributed by atoms with E-state index in [0.29, 0.717) is 19.0 Å². The van der Waals surface area contributed by atoms with E-state index in [-0.39, 0.29) is 17.9 Å². The van der Waals surface area contributed by atoms with Gasteiger partial charge in [-0.05, 0) is 68.2 Å². The van der Waals surface area contributed by atoms with Crippen LogP contribution >= 0.6 is 11.3 Å². The predicted molar refractivity (Wildman–Crippen MR) is 130 cm³/mol. The summed E-state index contributed by atoms with van der Waals surface area (Å²) in [6.07, 6.45) is 2.99. The fourth-order valence-corrected chi connectivity index (χ4v) is 5.91. The maximum Gasteiger partial charge on any atom is 0.245 e. The van der Waals surface area contributed by atoms with Crippen LogP contribution in [-0.4, -0.2) is 58.7 Å². The zero-order valence-corrected chi connectivity index (χ0v) is 19.9. The molecule has 0 radical (unpaired) electrons. The standard InChI is InChI=1S/C25H30N4O3S/c1-16-19-15-18(32-2)7-8-20(19)27-25(26-16)29-11-3-5-21(29)24(31)28-12-9-17(10-13-28)23(30)22-6-4-14-33-22/h4,6-8,14-15,17,21,23,30H,3,5,9-13H2,1-2H3/t21-,23+/m0/s1. The number of nitrogens with zero attached hydrogens (tertiary/aromatic N) is 4. The van der Waals surface area contributed by atoms with E-state index in [4.69, 9.17) is 14.7 Å². The number of benzene rings is 1. The van der Waals surface area contributed by atoms with Crippen molar-refractivity contribution in [2.45, 2.75) is 44.8 Å². The summed E-state index contributed by atoms with van der Waals surface area (Å²) >= 11 is 1.60. The molecule has 7 nitrogen and oxygen atoms in total. The molecule has 174 valence electrons. The van der Waals surface area contributed by atoms with Crippen LogP contribution in [0.1, 0.15) is 42.4 Å². The first kappa shape index (κ1) is 22.1. The molecule has 0 bridgehead atoms. The number of likely N-dealkylation sites (tertiary alicyclic amines) is 1. The van der Waals surface area contributed by atoms with Crippen molar-refractivity contribution in [3.8, 4) is 5.75 Å². The average molecular weight is 467 g/mol. The molecule has 2 fully saturated rings. The highest BCUT2D eigenvalue weighted by atomic mass is 32.1. The minimum atomic E-state index is -0.433. The van der Waals surface area contributed by atoms with E-state index in [9.17, 15) is 9.90 Å². The zero-order valence-electron chi connectivity index (χ0n) is 19.1. The lowest BCUT2D eigenvalue weighted by molar-refractivity contribution is -0.134. The Bertz CT molecular complexity index is 1130. The van der Waals surface area contributed by atoms with Crippen LogP contribution in [0.25, 0.3) is 10.9 Å². The molecule has 1 amide bonds. The minimum Gasteiger partial charge on any atom is -0.497 e. The Morgan fingerprint density at radius 3 is 2.73 bits per heavy atom. The van der Waals surface area contributed by atoms with E-state index >= 15 is 0 Å². The quantitative estimate of drug-likeness (QED) is 0.614. The van der Waals surface area contributed by atoms with Crippen molar-refractivity contribution in [3.63, 3.8) is 0 Å². The Balaban J connectivity index is 1.29. The van der Waals surface area contributed by atoms with Gasteiger partial charge in [-0.3, -0.25) is 4.79 Å². The highest BCUT2D eigenvalue weighted by Crippen LogP contribution is 2.34. The smallest absolute Gasteiger partial charge is 0.245 e. The van der Waals surface area contributed by atoms with E-state index in [2.05, 4.69) is 4.90 Å². The molecular weight excluding hydrogens is 436 g/mol.